The molecule has 0 bridgehead atoms. The molecular formula is C58H33N3O2. The lowest BCUT2D eigenvalue weighted by Crippen LogP contribution is -2.26. The third-order valence-electron chi connectivity index (χ3n) is 13.3. The normalized spacial score (nSPS) is 13.2. The molecule has 63 heavy (non-hydrogen) atoms. The van der Waals surface area contributed by atoms with Crippen LogP contribution in [0.5, 0.6) is 0 Å². The molecule has 1 spiro atoms. The maximum atomic E-state index is 7.10. The first-order valence-electron chi connectivity index (χ1n) is 21.3. The van der Waals surface area contributed by atoms with Crippen LogP contribution in [-0.4, -0.2) is 15.0 Å². The third kappa shape index (κ3) is 4.73. The highest BCUT2D eigenvalue weighted by Gasteiger charge is 2.53. The van der Waals surface area contributed by atoms with Crippen LogP contribution in [0.15, 0.2) is 209 Å². The van der Waals surface area contributed by atoms with E-state index in [9.17, 15) is 0 Å². The van der Waals surface area contributed by atoms with Crippen molar-refractivity contribution in [2.45, 2.75) is 5.41 Å². The van der Waals surface area contributed by atoms with Crippen molar-refractivity contribution >= 4 is 43.9 Å². The molecule has 0 radical (unpaired) electrons. The zero-order valence-electron chi connectivity index (χ0n) is 33.7. The van der Waals surface area contributed by atoms with E-state index in [1.165, 1.54) is 44.5 Å². The second-order valence-corrected chi connectivity index (χ2v) is 16.6. The lowest BCUT2D eigenvalue weighted by molar-refractivity contribution is 0.666. The van der Waals surface area contributed by atoms with Gasteiger partial charge in [0.05, 0.1) is 5.41 Å². The van der Waals surface area contributed by atoms with E-state index in [4.69, 9.17) is 23.8 Å². The van der Waals surface area contributed by atoms with Crippen LogP contribution in [0.4, 0.5) is 0 Å². The summed E-state index contributed by atoms with van der Waals surface area (Å²) in [6.07, 6.45) is 0. The van der Waals surface area contributed by atoms with Crippen LogP contribution < -0.4 is 0 Å². The lowest BCUT2D eigenvalue weighted by atomic mass is 9.69. The summed E-state index contributed by atoms with van der Waals surface area (Å²) in [5.41, 5.74) is 17.6. The van der Waals surface area contributed by atoms with Crippen LogP contribution in [0.1, 0.15) is 22.3 Å². The molecule has 3 aromatic heterocycles. The van der Waals surface area contributed by atoms with Crippen molar-refractivity contribution < 1.29 is 8.83 Å². The topological polar surface area (TPSA) is 65.0 Å². The number of benzene rings is 9. The Hall–Kier alpha value is -8.41. The predicted molar refractivity (Wildman–Crippen MR) is 252 cm³/mol. The summed E-state index contributed by atoms with van der Waals surface area (Å²) in [5, 5.41) is 4.45. The molecule has 2 aliphatic carbocycles. The second-order valence-electron chi connectivity index (χ2n) is 16.6. The van der Waals surface area contributed by atoms with Crippen molar-refractivity contribution in [3.63, 3.8) is 0 Å². The maximum Gasteiger partial charge on any atom is 0.164 e. The van der Waals surface area contributed by atoms with Crippen molar-refractivity contribution in [3.8, 4) is 67.5 Å². The van der Waals surface area contributed by atoms with E-state index < -0.39 is 5.41 Å². The first kappa shape index (κ1) is 34.3. The van der Waals surface area contributed by atoms with Gasteiger partial charge in [-0.25, -0.2) is 15.0 Å². The minimum absolute atomic E-state index is 0.607. The number of hydrogen-bond donors (Lipinski definition) is 0. The molecule has 14 rings (SSSR count). The smallest absolute Gasteiger partial charge is 0.164 e. The fourth-order valence-corrected chi connectivity index (χ4v) is 10.7. The molecule has 9 aromatic carbocycles. The minimum atomic E-state index is -0.608. The van der Waals surface area contributed by atoms with E-state index in [1.54, 1.807) is 0 Å². The van der Waals surface area contributed by atoms with Gasteiger partial charge in [0.1, 0.15) is 22.3 Å². The molecule has 0 amide bonds. The van der Waals surface area contributed by atoms with Crippen LogP contribution in [0, 0.1) is 0 Å². The summed E-state index contributed by atoms with van der Waals surface area (Å²) in [5.74, 6) is 1.86. The Labute approximate surface area is 361 Å². The number of para-hydroxylation sites is 2. The number of aromatic nitrogens is 3. The highest BCUT2D eigenvalue weighted by Crippen LogP contribution is 2.65. The molecule has 12 aromatic rings. The Morgan fingerprint density at radius 3 is 1.62 bits per heavy atom. The van der Waals surface area contributed by atoms with E-state index in [-0.39, 0.29) is 0 Å². The zero-order chi connectivity index (χ0) is 41.2. The second kappa shape index (κ2) is 12.8. The summed E-state index contributed by atoms with van der Waals surface area (Å²) >= 11 is 0. The summed E-state index contributed by atoms with van der Waals surface area (Å²) in [4.78, 5) is 15.0. The Morgan fingerprint density at radius 2 is 0.889 bits per heavy atom. The third-order valence-corrected chi connectivity index (χ3v) is 13.3. The van der Waals surface area contributed by atoms with Gasteiger partial charge in [-0.15, -0.1) is 0 Å². The van der Waals surface area contributed by atoms with Crippen molar-refractivity contribution in [1.82, 2.24) is 15.0 Å². The minimum Gasteiger partial charge on any atom is -0.456 e. The standard InChI is InChI=1S/C58H33N3O2/c1-3-15-34(16-4-1)55-59-56(35-17-5-2-6-18-35)61-57(60-55)37-20-13-19-36(31-37)38-24-14-25-43-52-50(63-54(38)43)30-29-42-44-32-45-41-23-9-12-28-49(41)62-51(45)33-48(44)58(53(42)52)46-26-10-7-21-39(46)40-22-8-11-27-47(40)58/h1-33H. The number of hydrogen-bond acceptors (Lipinski definition) is 5. The van der Waals surface area contributed by atoms with E-state index in [1.807, 2.05) is 66.7 Å². The quantitative estimate of drug-likeness (QED) is 0.177. The van der Waals surface area contributed by atoms with Crippen LogP contribution in [0.3, 0.4) is 0 Å². The van der Waals surface area contributed by atoms with Gasteiger partial charge in [0, 0.05) is 43.8 Å². The molecule has 0 N–H and O–H groups in total. The van der Waals surface area contributed by atoms with Gasteiger partial charge in [-0.3, -0.25) is 0 Å². The van der Waals surface area contributed by atoms with E-state index >= 15 is 0 Å². The molecule has 5 nitrogen and oxygen atoms in total. The van der Waals surface area contributed by atoms with Gasteiger partial charge in [-0.1, -0.05) is 170 Å². The highest BCUT2D eigenvalue weighted by molar-refractivity contribution is 6.17. The van der Waals surface area contributed by atoms with Crippen LogP contribution in [-0.2, 0) is 5.41 Å². The van der Waals surface area contributed by atoms with Crippen molar-refractivity contribution in [2.75, 3.05) is 0 Å². The van der Waals surface area contributed by atoms with Gasteiger partial charge < -0.3 is 8.83 Å². The summed E-state index contributed by atoms with van der Waals surface area (Å²) in [6.45, 7) is 0. The van der Waals surface area contributed by atoms with Crippen molar-refractivity contribution in [3.05, 3.63) is 222 Å². The SMILES string of the molecule is c1ccc(-c2nc(-c3ccccc3)nc(-c3cccc(-c4cccc5c4oc4ccc6c(c45)C4(c5ccccc5-c5ccccc54)c4cc5oc7ccccc7c5cc4-6)c3)n2)cc1. The van der Waals surface area contributed by atoms with Gasteiger partial charge in [-0.2, -0.15) is 0 Å². The zero-order valence-corrected chi connectivity index (χ0v) is 33.7. The molecule has 3 heterocycles. The van der Waals surface area contributed by atoms with E-state index in [0.29, 0.717) is 17.5 Å². The van der Waals surface area contributed by atoms with Crippen molar-refractivity contribution in [1.29, 1.82) is 0 Å². The number of fused-ring (bicyclic) bond motifs is 17. The van der Waals surface area contributed by atoms with Crippen LogP contribution in [0.2, 0.25) is 0 Å². The van der Waals surface area contributed by atoms with E-state index in [2.05, 4.69) is 133 Å². The van der Waals surface area contributed by atoms with E-state index in [0.717, 1.165) is 71.7 Å². The fraction of sp³-hybridized carbons (Fsp3) is 0.0172. The average Bonchev–Trinajstić information content (AvgIpc) is 4.08. The molecule has 0 aliphatic heterocycles. The van der Waals surface area contributed by atoms with Gasteiger partial charge in [0.2, 0.25) is 0 Å². The molecule has 5 heteroatoms. The molecule has 292 valence electrons. The predicted octanol–water partition coefficient (Wildman–Crippen LogP) is 14.7. The monoisotopic (exact) mass is 803 g/mol. The molecule has 0 unspecified atom stereocenters. The Kier molecular flexibility index (Phi) is 6.97. The van der Waals surface area contributed by atoms with Crippen molar-refractivity contribution in [2.24, 2.45) is 0 Å². The average molecular weight is 804 g/mol. The molecule has 2 aliphatic rings. The van der Waals surface area contributed by atoms with Gasteiger partial charge in [0.15, 0.2) is 17.5 Å². The van der Waals surface area contributed by atoms with Gasteiger partial charge in [0.25, 0.3) is 0 Å². The van der Waals surface area contributed by atoms with Gasteiger partial charge >= 0.3 is 0 Å². The highest BCUT2D eigenvalue weighted by atomic mass is 16.3. The lowest BCUT2D eigenvalue weighted by Gasteiger charge is -2.31. The summed E-state index contributed by atoms with van der Waals surface area (Å²) in [7, 11) is 0. The molecule has 0 saturated carbocycles. The first-order chi connectivity index (χ1) is 31.2. The van der Waals surface area contributed by atoms with Crippen LogP contribution in [0.25, 0.3) is 111 Å². The summed E-state index contributed by atoms with van der Waals surface area (Å²) in [6, 6.07) is 70.6. The molecular weight excluding hydrogens is 771 g/mol. The Morgan fingerprint density at radius 1 is 0.317 bits per heavy atom. The van der Waals surface area contributed by atoms with Crippen LogP contribution >= 0.6 is 0 Å². The molecule has 0 atom stereocenters. The summed E-state index contributed by atoms with van der Waals surface area (Å²) < 4.78 is 13.7. The Balaban J connectivity index is 1.01. The van der Waals surface area contributed by atoms with Gasteiger partial charge in [-0.05, 0) is 80.4 Å². The Bertz CT molecular complexity index is 3760. The largest absolute Gasteiger partial charge is 0.456 e. The number of furan rings is 2. The number of nitrogens with zero attached hydrogens (tertiary/aromatic N) is 3. The maximum absolute atomic E-state index is 7.10. The fourth-order valence-electron chi connectivity index (χ4n) is 10.7. The molecule has 0 fully saturated rings. The first-order valence-corrected chi connectivity index (χ1v) is 21.3. The number of rotatable bonds is 4. The molecule has 0 saturated heterocycles.